The molecule has 2 aromatic rings. The van der Waals surface area contributed by atoms with Gasteiger partial charge in [0.1, 0.15) is 5.82 Å². The van der Waals surface area contributed by atoms with Gasteiger partial charge in [-0.05, 0) is 44.3 Å². The number of nitrogens with one attached hydrogen (secondary N) is 2. The minimum absolute atomic E-state index is 0.166. The van der Waals surface area contributed by atoms with E-state index in [1.54, 1.807) is 7.05 Å². The molecule has 27 heavy (non-hydrogen) atoms. The van der Waals surface area contributed by atoms with Gasteiger partial charge in [-0.25, -0.2) is 4.39 Å². The Morgan fingerprint density at radius 3 is 2.44 bits per heavy atom. The predicted molar refractivity (Wildman–Crippen MR) is 111 cm³/mol. The fraction of sp³-hybridized carbons (Fsp3) is 0.409. The van der Waals surface area contributed by atoms with Crippen molar-refractivity contribution < 1.29 is 4.39 Å². The Balaban J connectivity index is 1.95. The highest BCUT2D eigenvalue weighted by Crippen LogP contribution is 2.18. The second-order valence-corrected chi connectivity index (χ2v) is 7.22. The number of halogens is 1. The van der Waals surface area contributed by atoms with Crippen LogP contribution in [0.3, 0.4) is 0 Å². The normalized spacial score (nSPS) is 14.1. The first kappa shape index (κ1) is 20.9. The van der Waals surface area contributed by atoms with Crippen LogP contribution in [-0.4, -0.2) is 38.0 Å². The summed E-state index contributed by atoms with van der Waals surface area (Å²) in [5, 5.41) is 6.78. The average Bonchev–Trinajstić information content (AvgIpc) is 2.66. The van der Waals surface area contributed by atoms with Crippen molar-refractivity contribution in [2.24, 2.45) is 4.99 Å². The summed E-state index contributed by atoms with van der Waals surface area (Å²) in [6, 6.07) is 15.9. The Morgan fingerprint density at radius 1 is 1.11 bits per heavy atom. The molecule has 4 nitrogen and oxygen atoms in total. The van der Waals surface area contributed by atoms with E-state index in [0.717, 1.165) is 11.5 Å². The molecule has 0 aliphatic rings. The second-order valence-electron chi connectivity index (χ2n) is 7.22. The van der Waals surface area contributed by atoms with Crippen LogP contribution < -0.4 is 10.6 Å². The van der Waals surface area contributed by atoms with Crippen molar-refractivity contribution in [1.29, 1.82) is 0 Å². The molecule has 2 unspecified atom stereocenters. The van der Waals surface area contributed by atoms with E-state index in [2.05, 4.69) is 53.7 Å². The first-order valence-corrected chi connectivity index (χ1v) is 9.35. The van der Waals surface area contributed by atoms with E-state index < -0.39 is 0 Å². The van der Waals surface area contributed by atoms with Crippen LogP contribution in [0.25, 0.3) is 0 Å². The Kier molecular flexibility index (Phi) is 7.80. The highest BCUT2D eigenvalue weighted by atomic mass is 19.1. The Hall–Kier alpha value is -2.40. The molecule has 0 radical (unpaired) electrons. The van der Waals surface area contributed by atoms with Crippen molar-refractivity contribution >= 4 is 5.96 Å². The van der Waals surface area contributed by atoms with Gasteiger partial charge < -0.3 is 15.5 Å². The monoisotopic (exact) mass is 370 g/mol. The topological polar surface area (TPSA) is 39.7 Å². The molecule has 2 atom stereocenters. The summed E-state index contributed by atoms with van der Waals surface area (Å²) in [5.74, 6) is 0.922. The van der Waals surface area contributed by atoms with Crippen LogP contribution in [0.1, 0.15) is 36.5 Å². The lowest BCUT2D eigenvalue weighted by Gasteiger charge is -2.24. The van der Waals surface area contributed by atoms with E-state index in [1.165, 1.54) is 11.6 Å². The molecule has 0 bridgehead atoms. The van der Waals surface area contributed by atoms with Crippen molar-refractivity contribution in [3.05, 3.63) is 71.0 Å². The summed E-state index contributed by atoms with van der Waals surface area (Å²) in [7, 11) is 5.63. The smallest absolute Gasteiger partial charge is 0.191 e. The van der Waals surface area contributed by atoms with E-state index in [4.69, 9.17) is 0 Å². The lowest BCUT2D eigenvalue weighted by atomic mass is 9.94. The fourth-order valence-electron chi connectivity index (χ4n) is 2.97. The standard InChI is InChI=1S/C22H31FN4/c1-16(19-9-7-6-8-10-19)17(2)26-22(24-3)25-14-18-11-12-21(23)20(13-18)15-27(4)5/h6-13,16-17H,14-15H2,1-5H3,(H2,24,25,26). The quantitative estimate of drug-likeness (QED) is 0.576. The van der Waals surface area contributed by atoms with Crippen LogP contribution in [0.5, 0.6) is 0 Å². The van der Waals surface area contributed by atoms with Crippen LogP contribution in [-0.2, 0) is 13.1 Å². The van der Waals surface area contributed by atoms with Gasteiger partial charge in [0.15, 0.2) is 5.96 Å². The van der Waals surface area contributed by atoms with Gasteiger partial charge in [0, 0.05) is 37.7 Å². The molecule has 0 saturated heterocycles. The molecule has 0 saturated carbocycles. The van der Waals surface area contributed by atoms with Gasteiger partial charge in [0.05, 0.1) is 0 Å². The fourth-order valence-corrected chi connectivity index (χ4v) is 2.97. The number of aliphatic imine (C=N–C) groups is 1. The maximum absolute atomic E-state index is 13.9. The first-order chi connectivity index (χ1) is 12.9. The van der Waals surface area contributed by atoms with Gasteiger partial charge in [-0.1, -0.05) is 43.3 Å². The van der Waals surface area contributed by atoms with E-state index in [0.29, 0.717) is 24.6 Å². The van der Waals surface area contributed by atoms with Gasteiger partial charge in [0.2, 0.25) is 0 Å². The summed E-state index contributed by atoms with van der Waals surface area (Å²) in [5.41, 5.74) is 3.02. The highest BCUT2D eigenvalue weighted by Gasteiger charge is 2.15. The Labute approximate surface area is 162 Å². The van der Waals surface area contributed by atoms with Crippen LogP contribution in [0, 0.1) is 5.82 Å². The van der Waals surface area contributed by atoms with Gasteiger partial charge in [-0.2, -0.15) is 0 Å². The molecule has 0 aliphatic heterocycles. The van der Waals surface area contributed by atoms with Crippen LogP contribution in [0.15, 0.2) is 53.5 Å². The maximum atomic E-state index is 13.9. The van der Waals surface area contributed by atoms with E-state index >= 15 is 0 Å². The number of nitrogens with zero attached hydrogens (tertiary/aromatic N) is 2. The number of guanidine groups is 1. The Bertz CT molecular complexity index is 743. The number of hydrogen-bond acceptors (Lipinski definition) is 2. The summed E-state index contributed by atoms with van der Waals surface area (Å²) in [4.78, 5) is 6.28. The summed E-state index contributed by atoms with van der Waals surface area (Å²) < 4.78 is 13.9. The average molecular weight is 371 g/mol. The zero-order chi connectivity index (χ0) is 19.8. The minimum Gasteiger partial charge on any atom is -0.353 e. The molecule has 0 aromatic heterocycles. The number of hydrogen-bond donors (Lipinski definition) is 2. The zero-order valence-corrected chi connectivity index (χ0v) is 17.0. The van der Waals surface area contributed by atoms with E-state index in [1.807, 2.05) is 37.2 Å². The molecule has 2 aromatic carbocycles. The summed E-state index contributed by atoms with van der Waals surface area (Å²) in [6.45, 7) is 5.52. The molecule has 0 heterocycles. The van der Waals surface area contributed by atoms with Crippen molar-refractivity contribution in [2.45, 2.75) is 38.9 Å². The third-order valence-electron chi connectivity index (χ3n) is 4.72. The molecule has 2 N–H and O–H groups in total. The lowest BCUT2D eigenvalue weighted by molar-refractivity contribution is 0.392. The van der Waals surface area contributed by atoms with Crippen molar-refractivity contribution in [3.8, 4) is 0 Å². The molecule has 146 valence electrons. The Morgan fingerprint density at radius 2 is 1.81 bits per heavy atom. The molecule has 2 rings (SSSR count). The minimum atomic E-state index is -0.166. The molecular weight excluding hydrogens is 339 g/mol. The molecular formula is C22H31FN4. The summed E-state index contributed by atoms with van der Waals surface area (Å²) in [6.07, 6.45) is 0. The highest BCUT2D eigenvalue weighted by molar-refractivity contribution is 5.80. The van der Waals surface area contributed by atoms with Crippen molar-refractivity contribution in [1.82, 2.24) is 15.5 Å². The third kappa shape index (κ3) is 6.36. The SMILES string of the molecule is CN=C(NCc1ccc(F)c(CN(C)C)c1)NC(C)C(C)c1ccccc1. The van der Waals surface area contributed by atoms with Gasteiger partial charge in [-0.15, -0.1) is 0 Å². The number of benzene rings is 2. The number of rotatable bonds is 7. The van der Waals surface area contributed by atoms with Crippen LogP contribution in [0.4, 0.5) is 4.39 Å². The van der Waals surface area contributed by atoms with Gasteiger partial charge in [-0.3, -0.25) is 4.99 Å². The first-order valence-electron chi connectivity index (χ1n) is 9.35. The lowest BCUT2D eigenvalue weighted by Crippen LogP contribution is -2.43. The molecule has 0 fully saturated rings. The molecule has 0 amide bonds. The molecule has 5 heteroatoms. The maximum Gasteiger partial charge on any atom is 0.191 e. The van der Waals surface area contributed by atoms with E-state index in [9.17, 15) is 4.39 Å². The van der Waals surface area contributed by atoms with Gasteiger partial charge in [0.25, 0.3) is 0 Å². The second kappa shape index (κ2) is 10.1. The third-order valence-corrected chi connectivity index (χ3v) is 4.72. The largest absolute Gasteiger partial charge is 0.353 e. The van der Waals surface area contributed by atoms with Crippen LogP contribution in [0.2, 0.25) is 0 Å². The van der Waals surface area contributed by atoms with Gasteiger partial charge >= 0.3 is 0 Å². The van der Waals surface area contributed by atoms with E-state index in [-0.39, 0.29) is 11.9 Å². The predicted octanol–water partition coefficient (Wildman–Crippen LogP) is 3.74. The molecule has 0 spiro atoms. The van der Waals surface area contributed by atoms with Crippen molar-refractivity contribution in [3.63, 3.8) is 0 Å². The molecule has 0 aliphatic carbocycles. The summed E-state index contributed by atoms with van der Waals surface area (Å²) >= 11 is 0. The van der Waals surface area contributed by atoms with Crippen molar-refractivity contribution in [2.75, 3.05) is 21.1 Å². The van der Waals surface area contributed by atoms with Crippen LogP contribution >= 0.6 is 0 Å². The zero-order valence-electron chi connectivity index (χ0n) is 17.0.